The van der Waals surface area contributed by atoms with Crippen molar-refractivity contribution < 1.29 is 9.90 Å². The second-order valence-corrected chi connectivity index (χ2v) is 4.67. The van der Waals surface area contributed by atoms with Gasteiger partial charge in [-0.2, -0.15) is 5.26 Å². The highest BCUT2D eigenvalue weighted by Crippen LogP contribution is 2.24. The Morgan fingerprint density at radius 1 is 1.25 bits per heavy atom. The number of anilines is 2. The number of carboxylic acids is 1. The van der Waals surface area contributed by atoms with Crippen molar-refractivity contribution in [2.24, 2.45) is 0 Å². The molecule has 0 saturated carbocycles. The molecule has 0 unspecified atom stereocenters. The van der Waals surface area contributed by atoms with E-state index in [2.05, 4.69) is 5.32 Å². The Bertz CT molecular complexity index is 720. The highest BCUT2D eigenvalue weighted by molar-refractivity contribution is 6.32. The summed E-state index contributed by atoms with van der Waals surface area (Å²) in [6, 6.07) is 12.0. The molecular formula is C15H11ClN2O2. The van der Waals surface area contributed by atoms with E-state index < -0.39 is 5.97 Å². The molecule has 0 aliphatic rings. The maximum absolute atomic E-state index is 11.1. The minimum atomic E-state index is -0.969. The van der Waals surface area contributed by atoms with Crippen molar-refractivity contribution >= 4 is 28.9 Å². The third-order valence-electron chi connectivity index (χ3n) is 2.85. The highest BCUT2D eigenvalue weighted by Gasteiger charge is 2.08. The van der Waals surface area contributed by atoms with Crippen molar-refractivity contribution in [3.8, 4) is 6.07 Å². The number of benzene rings is 2. The minimum absolute atomic E-state index is 0.245. The van der Waals surface area contributed by atoms with Crippen LogP contribution in [0.15, 0.2) is 36.4 Å². The van der Waals surface area contributed by atoms with E-state index in [1.54, 1.807) is 43.3 Å². The van der Waals surface area contributed by atoms with Gasteiger partial charge >= 0.3 is 5.97 Å². The van der Waals surface area contributed by atoms with Crippen molar-refractivity contribution in [1.29, 1.82) is 5.26 Å². The van der Waals surface area contributed by atoms with Crippen molar-refractivity contribution in [1.82, 2.24) is 0 Å². The molecule has 0 radical (unpaired) electrons. The summed E-state index contributed by atoms with van der Waals surface area (Å²) in [7, 11) is 0. The number of nitrogens with one attached hydrogen (secondary N) is 1. The Kier molecular flexibility index (Phi) is 3.92. The average Bonchev–Trinajstić information content (AvgIpc) is 2.41. The molecule has 2 N–H and O–H groups in total. The first kappa shape index (κ1) is 13.9. The van der Waals surface area contributed by atoms with Crippen molar-refractivity contribution in [3.63, 3.8) is 0 Å². The summed E-state index contributed by atoms with van der Waals surface area (Å²) in [5.74, 6) is -0.969. The molecule has 0 atom stereocenters. The monoisotopic (exact) mass is 286 g/mol. The molecule has 0 aromatic heterocycles. The van der Waals surface area contributed by atoms with E-state index in [9.17, 15) is 4.79 Å². The van der Waals surface area contributed by atoms with Crippen LogP contribution >= 0.6 is 11.6 Å². The second kappa shape index (κ2) is 5.64. The molecule has 5 heteroatoms. The third kappa shape index (κ3) is 2.90. The van der Waals surface area contributed by atoms with Gasteiger partial charge in [-0.3, -0.25) is 0 Å². The Balaban J connectivity index is 2.31. The first-order valence-corrected chi connectivity index (χ1v) is 6.19. The molecule has 4 nitrogen and oxygen atoms in total. The van der Waals surface area contributed by atoms with Gasteiger partial charge in [-0.05, 0) is 42.8 Å². The Hall–Kier alpha value is -2.51. The summed E-state index contributed by atoms with van der Waals surface area (Å²) in [4.78, 5) is 11.1. The highest BCUT2D eigenvalue weighted by atomic mass is 35.5. The Morgan fingerprint density at radius 3 is 2.50 bits per heavy atom. The molecular weight excluding hydrogens is 276 g/mol. The summed E-state index contributed by atoms with van der Waals surface area (Å²) in [5, 5.41) is 21.3. The lowest BCUT2D eigenvalue weighted by Crippen LogP contribution is -2.01. The fourth-order valence-electron chi connectivity index (χ4n) is 1.78. The molecule has 2 aromatic carbocycles. The number of nitriles is 1. The molecule has 0 spiro atoms. The molecule has 100 valence electrons. The van der Waals surface area contributed by atoms with Crippen LogP contribution in [-0.2, 0) is 0 Å². The molecule has 0 fully saturated rings. The average molecular weight is 287 g/mol. The first-order valence-electron chi connectivity index (χ1n) is 5.82. The summed E-state index contributed by atoms with van der Waals surface area (Å²) >= 11 is 5.95. The fourth-order valence-corrected chi connectivity index (χ4v) is 2.00. The van der Waals surface area contributed by atoms with Gasteiger partial charge in [0.15, 0.2) is 0 Å². The van der Waals surface area contributed by atoms with Gasteiger partial charge in [0.2, 0.25) is 0 Å². The Labute approximate surface area is 121 Å². The van der Waals surface area contributed by atoms with Gasteiger partial charge in [-0.25, -0.2) is 4.79 Å². The number of hydrogen-bond donors (Lipinski definition) is 2. The standard InChI is InChI=1S/C15H11ClN2O2/c1-9-2-4-11(6-13(9)15(19)20)18-12-5-3-10(8-17)14(16)7-12/h2-7,18H,1H3,(H,19,20). The Morgan fingerprint density at radius 2 is 1.90 bits per heavy atom. The summed E-state index contributed by atoms with van der Waals surface area (Å²) < 4.78 is 0. The minimum Gasteiger partial charge on any atom is -0.478 e. The lowest BCUT2D eigenvalue weighted by Gasteiger charge is -2.09. The molecule has 0 amide bonds. The van der Waals surface area contributed by atoms with E-state index in [0.29, 0.717) is 27.5 Å². The number of aromatic carboxylic acids is 1. The zero-order valence-electron chi connectivity index (χ0n) is 10.6. The number of hydrogen-bond acceptors (Lipinski definition) is 3. The SMILES string of the molecule is Cc1ccc(Nc2ccc(C#N)c(Cl)c2)cc1C(=O)O. The van der Waals surface area contributed by atoms with Crippen LogP contribution in [0.5, 0.6) is 0 Å². The zero-order valence-corrected chi connectivity index (χ0v) is 11.4. The summed E-state index contributed by atoms with van der Waals surface area (Å²) in [6.07, 6.45) is 0. The fraction of sp³-hybridized carbons (Fsp3) is 0.0667. The zero-order chi connectivity index (χ0) is 14.7. The van der Waals surface area contributed by atoms with Gasteiger partial charge in [0, 0.05) is 11.4 Å². The normalized spacial score (nSPS) is 9.85. The van der Waals surface area contributed by atoms with Crippen LogP contribution in [0.2, 0.25) is 5.02 Å². The van der Waals surface area contributed by atoms with Crippen LogP contribution in [0, 0.1) is 18.3 Å². The van der Waals surface area contributed by atoms with Gasteiger partial charge in [-0.1, -0.05) is 17.7 Å². The van der Waals surface area contributed by atoms with Gasteiger partial charge < -0.3 is 10.4 Å². The van der Waals surface area contributed by atoms with Gasteiger partial charge in [0.25, 0.3) is 0 Å². The number of halogens is 1. The van der Waals surface area contributed by atoms with Crippen LogP contribution in [-0.4, -0.2) is 11.1 Å². The van der Waals surface area contributed by atoms with E-state index in [1.165, 1.54) is 0 Å². The molecule has 2 rings (SSSR count). The number of rotatable bonds is 3. The predicted molar refractivity (Wildman–Crippen MR) is 77.6 cm³/mol. The number of carbonyl (C=O) groups is 1. The molecule has 0 bridgehead atoms. The van der Waals surface area contributed by atoms with E-state index in [1.807, 2.05) is 6.07 Å². The van der Waals surface area contributed by atoms with E-state index in [-0.39, 0.29) is 5.56 Å². The molecule has 2 aromatic rings. The topological polar surface area (TPSA) is 73.1 Å². The van der Waals surface area contributed by atoms with Crippen LogP contribution in [0.4, 0.5) is 11.4 Å². The molecule has 0 saturated heterocycles. The largest absolute Gasteiger partial charge is 0.478 e. The smallest absolute Gasteiger partial charge is 0.336 e. The lowest BCUT2D eigenvalue weighted by molar-refractivity contribution is 0.0696. The second-order valence-electron chi connectivity index (χ2n) is 4.27. The van der Waals surface area contributed by atoms with E-state index >= 15 is 0 Å². The maximum atomic E-state index is 11.1. The van der Waals surface area contributed by atoms with Crippen LogP contribution < -0.4 is 5.32 Å². The number of nitrogens with zero attached hydrogens (tertiary/aromatic N) is 1. The van der Waals surface area contributed by atoms with E-state index in [4.69, 9.17) is 22.0 Å². The summed E-state index contributed by atoms with van der Waals surface area (Å²) in [5.41, 5.74) is 2.67. The molecule has 0 heterocycles. The predicted octanol–water partition coefficient (Wildman–Crippen LogP) is 3.96. The lowest BCUT2D eigenvalue weighted by atomic mass is 10.1. The van der Waals surface area contributed by atoms with Crippen molar-refractivity contribution in [3.05, 3.63) is 58.1 Å². The summed E-state index contributed by atoms with van der Waals surface area (Å²) in [6.45, 7) is 1.74. The van der Waals surface area contributed by atoms with Crippen molar-refractivity contribution in [2.45, 2.75) is 6.92 Å². The van der Waals surface area contributed by atoms with Crippen LogP contribution in [0.3, 0.4) is 0 Å². The van der Waals surface area contributed by atoms with Crippen LogP contribution in [0.25, 0.3) is 0 Å². The number of carboxylic acid groups (broad SMARTS) is 1. The molecule has 0 aliphatic carbocycles. The number of aryl methyl sites for hydroxylation is 1. The van der Waals surface area contributed by atoms with Crippen molar-refractivity contribution in [2.75, 3.05) is 5.32 Å². The first-order chi connectivity index (χ1) is 9.51. The van der Waals surface area contributed by atoms with E-state index in [0.717, 1.165) is 0 Å². The van der Waals surface area contributed by atoms with Gasteiger partial charge in [0.05, 0.1) is 16.1 Å². The quantitative estimate of drug-likeness (QED) is 0.895. The van der Waals surface area contributed by atoms with Gasteiger partial charge in [0.1, 0.15) is 6.07 Å². The maximum Gasteiger partial charge on any atom is 0.336 e. The van der Waals surface area contributed by atoms with Crippen LogP contribution in [0.1, 0.15) is 21.5 Å². The molecule has 0 aliphatic heterocycles. The molecule has 20 heavy (non-hydrogen) atoms. The van der Waals surface area contributed by atoms with Gasteiger partial charge in [-0.15, -0.1) is 0 Å². The third-order valence-corrected chi connectivity index (χ3v) is 3.16.